The molecular formula is C18H21N5O2S2. The number of rotatable bonds is 6. The Hall–Kier alpha value is -2.65. The van der Waals surface area contributed by atoms with Crippen LogP contribution in [0, 0.1) is 13.8 Å². The molecule has 0 atom stereocenters. The van der Waals surface area contributed by atoms with E-state index < -0.39 is 10.0 Å². The van der Waals surface area contributed by atoms with E-state index in [9.17, 15) is 8.42 Å². The summed E-state index contributed by atoms with van der Waals surface area (Å²) in [6, 6.07) is 12.3. The predicted molar refractivity (Wildman–Crippen MR) is 111 cm³/mol. The smallest absolute Gasteiger partial charge is 0.271 e. The van der Waals surface area contributed by atoms with Crippen LogP contribution >= 0.6 is 11.3 Å². The van der Waals surface area contributed by atoms with E-state index in [0.29, 0.717) is 21.5 Å². The van der Waals surface area contributed by atoms with E-state index >= 15 is 0 Å². The summed E-state index contributed by atoms with van der Waals surface area (Å²) in [4.78, 5) is 11.6. The SMILES string of the molecule is Cc1nc(Nc2ccc(NS(=O)(=O)c3ccc(C)s3)cc2)cc(N(C)C)n1. The van der Waals surface area contributed by atoms with Gasteiger partial charge in [-0.05, 0) is 50.2 Å². The van der Waals surface area contributed by atoms with E-state index in [1.807, 2.05) is 38.9 Å². The van der Waals surface area contributed by atoms with Crippen LogP contribution in [0.25, 0.3) is 0 Å². The van der Waals surface area contributed by atoms with Crippen molar-refractivity contribution in [2.24, 2.45) is 0 Å². The number of anilines is 4. The van der Waals surface area contributed by atoms with E-state index in [1.165, 1.54) is 11.3 Å². The van der Waals surface area contributed by atoms with Gasteiger partial charge in [0.2, 0.25) is 0 Å². The average molecular weight is 404 g/mol. The monoisotopic (exact) mass is 403 g/mol. The summed E-state index contributed by atoms with van der Waals surface area (Å²) in [5, 5.41) is 3.21. The van der Waals surface area contributed by atoms with Gasteiger partial charge in [0.1, 0.15) is 21.7 Å². The molecule has 0 aliphatic carbocycles. The van der Waals surface area contributed by atoms with Gasteiger partial charge in [-0.25, -0.2) is 18.4 Å². The van der Waals surface area contributed by atoms with Crippen LogP contribution < -0.4 is 14.9 Å². The minimum absolute atomic E-state index is 0.301. The van der Waals surface area contributed by atoms with Gasteiger partial charge in [-0.1, -0.05) is 0 Å². The molecule has 0 amide bonds. The summed E-state index contributed by atoms with van der Waals surface area (Å²) < 4.78 is 27.7. The molecule has 3 rings (SSSR count). The van der Waals surface area contributed by atoms with Crippen LogP contribution in [0.3, 0.4) is 0 Å². The minimum Gasteiger partial charge on any atom is -0.363 e. The number of thiophene rings is 1. The lowest BCUT2D eigenvalue weighted by Crippen LogP contribution is -2.12. The van der Waals surface area contributed by atoms with Crippen molar-refractivity contribution in [3.8, 4) is 0 Å². The van der Waals surface area contributed by atoms with Gasteiger partial charge in [0.15, 0.2) is 0 Å². The minimum atomic E-state index is -3.56. The highest BCUT2D eigenvalue weighted by Crippen LogP contribution is 2.25. The van der Waals surface area contributed by atoms with Crippen molar-refractivity contribution in [3.05, 3.63) is 53.2 Å². The number of aromatic nitrogens is 2. The first-order valence-corrected chi connectivity index (χ1v) is 10.5. The molecule has 0 radical (unpaired) electrons. The van der Waals surface area contributed by atoms with Crippen LogP contribution in [0.5, 0.6) is 0 Å². The second-order valence-corrected chi connectivity index (χ2v) is 9.42. The molecule has 2 N–H and O–H groups in total. The van der Waals surface area contributed by atoms with E-state index in [4.69, 9.17) is 0 Å². The fraction of sp³-hybridized carbons (Fsp3) is 0.222. The van der Waals surface area contributed by atoms with E-state index in [2.05, 4.69) is 20.0 Å². The van der Waals surface area contributed by atoms with Crippen LogP contribution in [0.15, 0.2) is 46.7 Å². The first kappa shape index (κ1) is 19.1. The molecule has 3 aromatic rings. The maximum atomic E-state index is 12.4. The molecular weight excluding hydrogens is 382 g/mol. The normalized spacial score (nSPS) is 11.3. The van der Waals surface area contributed by atoms with Crippen LogP contribution in [0.2, 0.25) is 0 Å². The largest absolute Gasteiger partial charge is 0.363 e. The summed E-state index contributed by atoms with van der Waals surface area (Å²) in [6.07, 6.45) is 0. The van der Waals surface area contributed by atoms with Crippen molar-refractivity contribution >= 4 is 44.4 Å². The Morgan fingerprint density at radius 2 is 1.63 bits per heavy atom. The van der Waals surface area contributed by atoms with Crippen LogP contribution in [0.1, 0.15) is 10.7 Å². The summed E-state index contributed by atoms with van der Waals surface area (Å²) >= 11 is 1.24. The molecule has 27 heavy (non-hydrogen) atoms. The Bertz CT molecular complexity index is 1040. The summed E-state index contributed by atoms with van der Waals surface area (Å²) in [7, 11) is 0.273. The molecule has 0 fully saturated rings. The maximum Gasteiger partial charge on any atom is 0.271 e. The van der Waals surface area contributed by atoms with Gasteiger partial charge in [0, 0.05) is 36.4 Å². The predicted octanol–water partition coefficient (Wildman–Crippen LogP) is 3.77. The second-order valence-electron chi connectivity index (χ2n) is 6.23. The molecule has 2 aromatic heterocycles. The number of hydrogen-bond acceptors (Lipinski definition) is 7. The van der Waals surface area contributed by atoms with Crippen molar-refractivity contribution < 1.29 is 8.42 Å². The molecule has 142 valence electrons. The Kier molecular flexibility index (Phi) is 5.33. The van der Waals surface area contributed by atoms with Gasteiger partial charge in [-0.15, -0.1) is 11.3 Å². The molecule has 9 heteroatoms. The highest BCUT2D eigenvalue weighted by atomic mass is 32.2. The zero-order valence-electron chi connectivity index (χ0n) is 15.5. The zero-order valence-corrected chi connectivity index (χ0v) is 17.1. The molecule has 0 bridgehead atoms. The Balaban J connectivity index is 1.74. The van der Waals surface area contributed by atoms with Crippen LogP contribution in [0.4, 0.5) is 23.0 Å². The molecule has 0 saturated carbocycles. The van der Waals surface area contributed by atoms with Gasteiger partial charge in [-0.2, -0.15) is 0 Å². The first-order chi connectivity index (χ1) is 12.7. The summed E-state index contributed by atoms with van der Waals surface area (Å²) in [5.41, 5.74) is 1.30. The number of aryl methyl sites for hydroxylation is 2. The maximum absolute atomic E-state index is 12.4. The molecule has 1 aromatic carbocycles. The van der Waals surface area contributed by atoms with Crippen molar-refractivity contribution in [1.82, 2.24) is 9.97 Å². The number of hydrogen-bond donors (Lipinski definition) is 2. The standard InChI is InChI=1S/C18H21N5O2S2/c1-12-5-10-18(26-12)27(24,25)22-15-8-6-14(7-9-15)21-16-11-17(23(3)4)20-13(2)19-16/h5-11,22H,1-4H3,(H,19,20,21). The molecule has 0 spiro atoms. The van der Waals surface area contributed by atoms with Crippen LogP contribution in [-0.4, -0.2) is 32.5 Å². The number of nitrogens with zero attached hydrogens (tertiary/aromatic N) is 3. The lowest BCUT2D eigenvalue weighted by molar-refractivity contribution is 0.603. The number of sulfonamides is 1. The lowest BCUT2D eigenvalue weighted by atomic mass is 10.3. The van der Waals surface area contributed by atoms with Crippen molar-refractivity contribution in [3.63, 3.8) is 0 Å². The second kappa shape index (κ2) is 7.53. The van der Waals surface area contributed by atoms with Crippen LogP contribution in [-0.2, 0) is 10.0 Å². The lowest BCUT2D eigenvalue weighted by Gasteiger charge is -2.14. The van der Waals surface area contributed by atoms with Gasteiger partial charge >= 0.3 is 0 Å². The van der Waals surface area contributed by atoms with Crippen molar-refractivity contribution in [2.75, 3.05) is 29.0 Å². The molecule has 0 saturated heterocycles. The molecule has 0 aliphatic rings. The molecule has 0 aliphatic heterocycles. The van der Waals surface area contributed by atoms with E-state index in [-0.39, 0.29) is 0 Å². The Morgan fingerprint density at radius 1 is 0.963 bits per heavy atom. The quantitative estimate of drug-likeness (QED) is 0.652. The highest BCUT2D eigenvalue weighted by molar-refractivity contribution is 7.94. The molecule has 0 unspecified atom stereocenters. The molecule has 7 nitrogen and oxygen atoms in total. The third-order valence-corrected chi connectivity index (χ3v) is 6.55. The van der Waals surface area contributed by atoms with E-state index in [1.54, 1.807) is 36.4 Å². The fourth-order valence-corrected chi connectivity index (χ4v) is 4.72. The van der Waals surface area contributed by atoms with Crippen molar-refractivity contribution in [1.29, 1.82) is 0 Å². The third kappa shape index (κ3) is 4.75. The average Bonchev–Trinajstić information content (AvgIpc) is 3.03. The van der Waals surface area contributed by atoms with Gasteiger partial charge in [0.25, 0.3) is 10.0 Å². The van der Waals surface area contributed by atoms with Gasteiger partial charge in [0.05, 0.1) is 0 Å². The van der Waals surface area contributed by atoms with Gasteiger partial charge < -0.3 is 10.2 Å². The summed E-state index contributed by atoms with van der Waals surface area (Å²) in [6.45, 7) is 3.71. The van der Waals surface area contributed by atoms with Gasteiger partial charge in [-0.3, -0.25) is 4.72 Å². The topological polar surface area (TPSA) is 87.2 Å². The Labute approximate surface area is 163 Å². The zero-order chi connectivity index (χ0) is 19.6. The Morgan fingerprint density at radius 3 is 2.22 bits per heavy atom. The van der Waals surface area contributed by atoms with Crippen molar-refractivity contribution in [2.45, 2.75) is 18.1 Å². The number of benzene rings is 1. The first-order valence-electron chi connectivity index (χ1n) is 8.22. The number of nitrogens with one attached hydrogen (secondary N) is 2. The highest BCUT2D eigenvalue weighted by Gasteiger charge is 2.16. The molecule has 2 heterocycles. The van der Waals surface area contributed by atoms with E-state index in [0.717, 1.165) is 16.4 Å². The summed E-state index contributed by atoms with van der Waals surface area (Å²) in [5.74, 6) is 2.15. The fourth-order valence-electron chi connectivity index (χ4n) is 2.38. The third-order valence-electron chi connectivity index (χ3n) is 3.67.